The second-order valence-corrected chi connectivity index (χ2v) is 3.43. The summed E-state index contributed by atoms with van der Waals surface area (Å²) >= 11 is 0. The highest BCUT2D eigenvalue weighted by molar-refractivity contribution is 6.40. The molecule has 3 heteroatoms. The number of carbonyl (C=O) groups is 2. The van der Waals surface area contributed by atoms with Crippen molar-refractivity contribution in [2.45, 2.75) is 19.3 Å². The minimum atomic E-state index is -1.37. The molecule has 1 aliphatic rings. The molecule has 72 valence electrons. The Bertz CT molecular complexity index is 407. The first-order valence-corrected chi connectivity index (χ1v) is 4.58. The summed E-state index contributed by atoms with van der Waals surface area (Å²) in [7, 11) is 0. The third-order valence-corrected chi connectivity index (χ3v) is 2.58. The molecule has 1 N–H and O–H groups in total. The van der Waals surface area contributed by atoms with E-state index in [0.29, 0.717) is 5.56 Å². The molecule has 1 aromatic rings. The summed E-state index contributed by atoms with van der Waals surface area (Å²) in [6.45, 7) is 0. The molecule has 2 rings (SSSR count). The number of fused-ring (bicyclic) bond motifs is 1. The molecule has 0 spiro atoms. The largest absolute Gasteiger partial charge is 0.475 e. The van der Waals surface area contributed by atoms with Gasteiger partial charge in [0.2, 0.25) is 0 Å². The Morgan fingerprint density at radius 3 is 2.71 bits per heavy atom. The summed E-state index contributed by atoms with van der Waals surface area (Å²) in [5.41, 5.74) is 2.42. The maximum Gasteiger partial charge on any atom is 0.377 e. The van der Waals surface area contributed by atoms with Crippen molar-refractivity contribution < 1.29 is 14.7 Å². The van der Waals surface area contributed by atoms with Crippen molar-refractivity contribution in [1.29, 1.82) is 0 Å². The number of carboxylic acid groups (broad SMARTS) is 1. The van der Waals surface area contributed by atoms with Crippen molar-refractivity contribution in [2.24, 2.45) is 0 Å². The summed E-state index contributed by atoms with van der Waals surface area (Å²) in [5, 5.41) is 8.62. The molecule has 0 aliphatic heterocycles. The van der Waals surface area contributed by atoms with Gasteiger partial charge in [0.25, 0.3) is 5.78 Å². The van der Waals surface area contributed by atoms with E-state index in [0.717, 1.165) is 30.4 Å². The molecule has 14 heavy (non-hydrogen) atoms. The second-order valence-electron chi connectivity index (χ2n) is 3.43. The number of hydrogen-bond donors (Lipinski definition) is 1. The summed E-state index contributed by atoms with van der Waals surface area (Å²) < 4.78 is 0. The Hall–Kier alpha value is -1.64. The summed E-state index contributed by atoms with van der Waals surface area (Å²) in [6.07, 6.45) is 2.79. The molecular weight excluding hydrogens is 180 g/mol. The Balaban J connectivity index is 2.49. The van der Waals surface area contributed by atoms with Gasteiger partial charge in [-0.05, 0) is 30.4 Å². The van der Waals surface area contributed by atoms with Crippen LogP contribution in [0.15, 0.2) is 18.2 Å². The average Bonchev–Trinajstić information content (AvgIpc) is 2.63. The predicted molar refractivity (Wildman–Crippen MR) is 50.4 cm³/mol. The third kappa shape index (κ3) is 1.31. The number of carboxylic acids is 1. The van der Waals surface area contributed by atoms with Gasteiger partial charge in [-0.1, -0.05) is 18.2 Å². The highest BCUT2D eigenvalue weighted by atomic mass is 16.4. The minimum absolute atomic E-state index is 0.368. The van der Waals surface area contributed by atoms with Crippen LogP contribution in [0.3, 0.4) is 0 Å². The predicted octanol–water partition coefficient (Wildman–Crippen LogP) is 1.44. The molecule has 0 aromatic heterocycles. The van der Waals surface area contributed by atoms with E-state index in [4.69, 9.17) is 5.11 Å². The number of aryl methyl sites for hydroxylation is 1. The molecule has 0 amide bonds. The van der Waals surface area contributed by atoms with Gasteiger partial charge in [-0.3, -0.25) is 4.79 Å². The Morgan fingerprint density at radius 1 is 1.21 bits per heavy atom. The van der Waals surface area contributed by atoms with Crippen molar-refractivity contribution in [1.82, 2.24) is 0 Å². The molecule has 0 saturated carbocycles. The van der Waals surface area contributed by atoms with E-state index in [2.05, 4.69) is 0 Å². The minimum Gasteiger partial charge on any atom is -0.475 e. The van der Waals surface area contributed by atoms with Crippen LogP contribution < -0.4 is 0 Å². The van der Waals surface area contributed by atoms with Crippen LogP contribution in [0.25, 0.3) is 0 Å². The number of carbonyl (C=O) groups excluding carboxylic acids is 1. The zero-order chi connectivity index (χ0) is 10.1. The van der Waals surface area contributed by atoms with Crippen molar-refractivity contribution in [2.75, 3.05) is 0 Å². The standard InChI is InChI=1S/C11H10O3/c12-10(11(13)14)9-6-2-4-7-3-1-5-8(7)9/h2,4,6H,1,3,5H2,(H,13,14). The second kappa shape index (κ2) is 3.25. The van der Waals surface area contributed by atoms with Crippen molar-refractivity contribution in [3.63, 3.8) is 0 Å². The van der Waals surface area contributed by atoms with Crippen LogP contribution in [0.4, 0.5) is 0 Å². The molecular formula is C11H10O3. The molecule has 0 atom stereocenters. The third-order valence-electron chi connectivity index (χ3n) is 2.58. The fourth-order valence-electron chi connectivity index (χ4n) is 1.95. The molecule has 1 aliphatic carbocycles. The lowest BCUT2D eigenvalue weighted by Crippen LogP contribution is -2.14. The van der Waals surface area contributed by atoms with Crippen molar-refractivity contribution in [3.8, 4) is 0 Å². The highest BCUT2D eigenvalue weighted by Crippen LogP contribution is 2.25. The maximum absolute atomic E-state index is 11.3. The molecule has 0 fully saturated rings. The van der Waals surface area contributed by atoms with Gasteiger partial charge >= 0.3 is 5.97 Å². The fraction of sp³-hybridized carbons (Fsp3) is 0.273. The molecule has 3 nitrogen and oxygen atoms in total. The topological polar surface area (TPSA) is 54.4 Å². The quantitative estimate of drug-likeness (QED) is 0.567. The summed E-state index contributed by atoms with van der Waals surface area (Å²) in [6, 6.07) is 5.31. The molecule has 1 aromatic carbocycles. The Morgan fingerprint density at radius 2 is 2.00 bits per heavy atom. The first-order chi connectivity index (χ1) is 6.70. The van der Waals surface area contributed by atoms with Crippen LogP contribution in [-0.2, 0) is 17.6 Å². The average molecular weight is 190 g/mol. The first kappa shape index (κ1) is 8.94. The highest BCUT2D eigenvalue weighted by Gasteiger charge is 2.22. The smallest absolute Gasteiger partial charge is 0.377 e. The van der Waals surface area contributed by atoms with Gasteiger partial charge in [-0.2, -0.15) is 0 Å². The van der Waals surface area contributed by atoms with Crippen molar-refractivity contribution in [3.05, 3.63) is 34.9 Å². The normalized spacial score (nSPS) is 13.7. The van der Waals surface area contributed by atoms with Crippen LogP contribution in [0.1, 0.15) is 27.9 Å². The zero-order valence-corrected chi connectivity index (χ0v) is 7.62. The zero-order valence-electron chi connectivity index (χ0n) is 7.62. The summed E-state index contributed by atoms with van der Waals surface area (Å²) in [4.78, 5) is 21.9. The van der Waals surface area contributed by atoms with Crippen LogP contribution in [0.5, 0.6) is 0 Å². The molecule has 0 heterocycles. The van der Waals surface area contributed by atoms with Gasteiger partial charge in [0.05, 0.1) is 0 Å². The number of hydrogen-bond acceptors (Lipinski definition) is 2. The summed E-state index contributed by atoms with van der Waals surface area (Å²) in [5.74, 6) is -2.16. The first-order valence-electron chi connectivity index (χ1n) is 4.58. The van der Waals surface area contributed by atoms with E-state index in [-0.39, 0.29) is 0 Å². The van der Waals surface area contributed by atoms with Gasteiger partial charge in [-0.15, -0.1) is 0 Å². The molecule has 0 bridgehead atoms. The van der Waals surface area contributed by atoms with Crippen LogP contribution in [0, 0.1) is 0 Å². The molecule has 0 unspecified atom stereocenters. The number of benzene rings is 1. The monoisotopic (exact) mass is 190 g/mol. The SMILES string of the molecule is O=C(O)C(=O)c1cccc2c1CCC2. The van der Waals surface area contributed by atoms with Gasteiger partial charge in [0, 0.05) is 5.56 Å². The van der Waals surface area contributed by atoms with E-state index in [1.165, 1.54) is 0 Å². The van der Waals surface area contributed by atoms with E-state index in [1.807, 2.05) is 6.07 Å². The van der Waals surface area contributed by atoms with Crippen LogP contribution in [0.2, 0.25) is 0 Å². The van der Waals surface area contributed by atoms with E-state index in [1.54, 1.807) is 12.1 Å². The van der Waals surface area contributed by atoms with Crippen LogP contribution >= 0.6 is 0 Å². The Kier molecular flexibility index (Phi) is 2.08. The molecule has 0 radical (unpaired) electrons. The van der Waals surface area contributed by atoms with E-state index in [9.17, 15) is 9.59 Å². The number of ketones is 1. The number of aliphatic carboxylic acids is 1. The van der Waals surface area contributed by atoms with Gasteiger partial charge in [-0.25, -0.2) is 4.79 Å². The van der Waals surface area contributed by atoms with E-state index >= 15 is 0 Å². The van der Waals surface area contributed by atoms with Gasteiger partial charge < -0.3 is 5.11 Å². The number of rotatable bonds is 2. The van der Waals surface area contributed by atoms with Gasteiger partial charge in [0.15, 0.2) is 0 Å². The number of Topliss-reactive ketones (excluding diaryl/α,β-unsaturated/α-hetero) is 1. The van der Waals surface area contributed by atoms with Crippen LogP contribution in [-0.4, -0.2) is 16.9 Å². The molecule has 0 saturated heterocycles. The van der Waals surface area contributed by atoms with E-state index < -0.39 is 11.8 Å². The van der Waals surface area contributed by atoms with Gasteiger partial charge in [0.1, 0.15) is 0 Å². The lowest BCUT2D eigenvalue weighted by Gasteiger charge is -2.03. The maximum atomic E-state index is 11.3. The lowest BCUT2D eigenvalue weighted by atomic mass is 10.0. The lowest BCUT2D eigenvalue weighted by molar-refractivity contribution is -0.131. The fourth-order valence-corrected chi connectivity index (χ4v) is 1.95. The van der Waals surface area contributed by atoms with Crippen molar-refractivity contribution >= 4 is 11.8 Å². The Labute approximate surface area is 81.4 Å².